The van der Waals surface area contributed by atoms with Gasteiger partial charge in [-0.15, -0.1) is 0 Å². The third-order valence-corrected chi connectivity index (χ3v) is 2.82. The summed E-state index contributed by atoms with van der Waals surface area (Å²) < 4.78 is 5.30. The van der Waals surface area contributed by atoms with E-state index in [0.29, 0.717) is 23.2 Å². The van der Waals surface area contributed by atoms with Crippen LogP contribution >= 0.6 is 23.2 Å². The van der Waals surface area contributed by atoms with Crippen molar-refractivity contribution in [3.63, 3.8) is 0 Å². The molecule has 1 atom stereocenters. The fourth-order valence-corrected chi connectivity index (χ4v) is 1.50. The average Bonchev–Trinajstić information content (AvgIpc) is 2.28. The predicted octanol–water partition coefficient (Wildman–Crippen LogP) is 3.19. The first-order valence-electron chi connectivity index (χ1n) is 5.47. The summed E-state index contributed by atoms with van der Waals surface area (Å²) in [7, 11) is 0. The van der Waals surface area contributed by atoms with Gasteiger partial charge in [0.1, 0.15) is 0 Å². The second-order valence-electron chi connectivity index (χ2n) is 4.05. The molecule has 0 heterocycles. The molecule has 2 N–H and O–H groups in total. The van der Waals surface area contributed by atoms with Crippen LogP contribution < -0.4 is 5.32 Å². The first-order chi connectivity index (χ1) is 7.99. The molecule has 5 heteroatoms. The highest BCUT2D eigenvalue weighted by Crippen LogP contribution is 2.24. The van der Waals surface area contributed by atoms with E-state index >= 15 is 0 Å². The zero-order valence-electron chi connectivity index (χ0n) is 9.91. The van der Waals surface area contributed by atoms with Gasteiger partial charge in [0.15, 0.2) is 0 Å². The van der Waals surface area contributed by atoms with Gasteiger partial charge >= 0.3 is 0 Å². The summed E-state index contributed by atoms with van der Waals surface area (Å²) in [4.78, 5) is 0. The molecule has 0 fully saturated rings. The minimum absolute atomic E-state index is 0.120. The number of benzene rings is 1. The first kappa shape index (κ1) is 14.6. The maximum Gasteiger partial charge on any atom is 0.0945 e. The van der Waals surface area contributed by atoms with E-state index in [0.717, 1.165) is 5.69 Å². The Hall–Kier alpha value is -0.480. The molecule has 0 aliphatic heterocycles. The third-order valence-electron chi connectivity index (χ3n) is 2.08. The topological polar surface area (TPSA) is 41.5 Å². The van der Waals surface area contributed by atoms with Gasteiger partial charge in [0.05, 0.1) is 28.9 Å². The van der Waals surface area contributed by atoms with Crippen LogP contribution in [0.25, 0.3) is 0 Å². The molecule has 0 bridgehead atoms. The minimum atomic E-state index is -0.549. The minimum Gasteiger partial charge on any atom is -0.389 e. The second-order valence-corrected chi connectivity index (χ2v) is 4.86. The highest BCUT2D eigenvalue weighted by atomic mass is 35.5. The SMILES string of the molecule is CC(C)OCC(O)CNc1ccc(Cl)c(Cl)c1. The Balaban J connectivity index is 2.36. The molecular weight excluding hydrogens is 261 g/mol. The van der Waals surface area contributed by atoms with Gasteiger partial charge in [0.2, 0.25) is 0 Å². The van der Waals surface area contributed by atoms with Crippen LogP contribution in [0.2, 0.25) is 10.0 Å². The standard InChI is InChI=1S/C12H17Cl2NO2/c1-8(2)17-7-10(16)6-15-9-3-4-11(13)12(14)5-9/h3-5,8,10,15-16H,6-7H2,1-2H3. The largest absolute Gasteiger partial charge is 0.389 e. The van der Waals surface area contributed by atoms with Crippen LogP contribution in [0.15, 0.2) is 18.2 Å². The van der Waals surface area contributed by atoms with Crippen molar-refractivity contribution in [1.29, 1.82) is 0 Å². The first-order valence-corrected chi connectivity index (χ1v) is 6.23. The summed E-state index contributed by atoms with van der Waals surface area (Å²) in [6, 6.07) is 5.24. The molecular formula is C12H17Cl2NO2. The van der Waals surface area contributed by atoms with Gasteiger partial charge in [0, 0.05) is 12.2 Å². The monoisotopic (exact) mass is 277 g/mol. The molecule has 0 aromatic heterocycles. The number of aliphatic hydroxyl groups excluding tert-OH is 1. The van der Waals surface area contributed by atoms with E-state index in [2.05, 4.69) is 5.32 Å². The van der Waals surface area contributed by atoms with Gasteiger partial charge in [-0.1, -0.05) is 23.2 Å². The zero-order valence-corrected chi connectivity index (χ0v) is 11.4. The molecule has 0 amide bonds. The van der Waals surface area contributed by atoms with Crippen molar-refractivity contribution in [3.05, 3.63) is 28.2 Å². The molecule has 1 aromatic carbocycles. The number of aliphatic hydroxyl groups is 1. The van der Waals surface area contributed by atoms with Crippen LogP contribution in [0, 0.1) is 0 Å². The molecule has 0 aliphatic carbocycles. The Morgan fingerprint density at radius 2 is 2.00 bits per heavy atom. The fraction of sp³-hybridized carbons (Fsp3) is 0.500. The lowest BCUT2D eigenvalue weighted by atomic mass is 10.3. The van der Waals surface area contributed by atoms with E-state index in [4.69, 9.17) is 27.9 Å². The summed E-state index contributed by atoms with van der Waals surface area (Å²) in [5, 5.41) is 13.7. The fourth-order valence-electron chi connectivity index (χ4n) is 1.20. The molecule has 1 aromatic rings. The molecule has 0 saturated carbocycles. The molecule has 3 nitrogen and oxygen atoms in total. The van der Waals surface area contributed by atoms with Crippen LogP contribution in [0.3, 0.4) is 0 Å². The predicted molar refractivity (Wildman–Crippen MR) is 72.0 cm³/mol. The van der Waals surface area contributed by atoms with Gasteiger partial charge in [0.25, 0.3) is 0 Å². The van der Waals surface area contributed by atoms with Crippen molar-refractivity contribution < 1.29 is 9.84 Å². The number of hydrogen-bond acceptors (Lipinski definition) is 3. The highest BCUT2D eigenvalue weighted by molar-refractivity contribution is 6.42. The molecule has 0 radical (unpaired) electrons. The lowest BCUT2D eigenvalue weighted by Gasteiger charge is -2.15. The average molecular weight is 278 g/mol. The summed E-state index contributed by atoms with van der Waals surface area (Å²) in [6.07, 6.45) is -0.429. The Kier molecular flexibility index (Phi) is 6.06. The molecule has 17 heavy (non-hydrogen) atoms. The van der Waals surface area contributed by atoms with Gasteiger partial charge < -0.3 is 15.2 Å². The summed E-state index contributed by atoms with van der Waals surface area (Å²) in [5.41, 5.74) is 0.822. The van der Waals surface area contributed by atoms with Crippen molar-refractivity contribution in [2.75, 3.05) is 18.5 Å². The number of nitrogens with one attached hydrogen (secondary N) is 1. The maximum absolute atomic E-state index is 9.64. The van der Waals surface area contributed by atoms with Crippen LogP contribution in [0.5, 0.6) is 0 Å². The third kappa shape index (κ3) is 5.59. The number of rotatable bonds is 6. The number of ether oxygens (including phenoxy) is 1. The maximum atomic E-state index is 9.64. The van der Waals surface area contributed by atoms with E-state index in [9.17, 15) is 5.11 Å². The van der Waals surface area contributed by atoms with Gasteiger partial charge in [-0.2, -0.15) is 0 Å². The van der Waals surface area contributed by atoms with E-state index < -0.39 is 6.10 Å². The van der Waals surface area contributed by atoms with Crippen molar-refractivity contribution in [1.82, 2.24) is 0 Å². The zero-order chi connectivity index (χ0) is 12.8. The Bertz CT molecular complexity index is 358. The van der Waals surface area contributed by atoms with E-state index in [1.165, 1.54) is 0 Å². The van der Waals surface area contributed by atoms with Crippen molar-refractivity contribution >= 4 is 28.9 Å². The van der Waals surface area contributed by atoms with Crippen LogP contribution in [-0.4, -0.2) is 30.5 Å². The lowest BCUT2D eigenvalue weighted by Crippen LogP contribution is -2.26. The number of hydrogen-bond donors (Lipinski definition) is 2. The highest BCUT2D eigenvalue weighted by Gasteiger charge is 2.06. The van der Waals surface area contributed by atoms with Crippen LogP contribution in [0.4, 0.5) is 5.69 Å². The Morgan fingerprint density at radius 1 is 1.29 bits per heavy atom. The Labute approximate surface area is 112 Å². The van der Waals surface area contributed by atoms with E-state index in [-0.39, 0.29) is 6.10 Å². The molecule has 0 spiro atoms. The summed E-state index contributed by atoms with van der Waals surface area (Å²) >= 11 is 11.7. The number of halogens is 2. The quantitative estimate of drug-likeness (QED) is 0.839. The van der Waals surface area contributed by atoms with Crippen LogP contribution in [0.1, 0.15) is 13.8 Å². The van der Waals surface area contributed by atoms with Crippen LogP contribution in [-0.2, 0) is 4.74 Å². The van der Waals surface area contributed by atoms with Gasteiger partial charge in [-0.25, -0.2) is 0 Å². The molecule has 0 saturated heterocycles. The van der Waals surface area contributed by atoms with E-state index in [1.54, 1.807) is 12.1 Å². The van der Waals surface area contributed by atoms with E-state index in [1.807, 2.05) is 19.9 Å². The van der Waals surface area contributed by atoms with Gasteiger partial charge in [-0.05, 0) is 32.0 Å². The second kappa shape index (κ2) is 7.07. The Morgan fingerprint density at radius 3 is 2.59 bits per heavy atom. The van der Waals surface area contributed by atoms with Crippen molar-refractivity contribution in [2.45, 2.75) is 26.1 Å². The summed E-state index contributed by atoms with van der Waals surface area (Å²) in [5.74, 6) is 0. The molecule has 96 valence electrons. The molecule has 1 unspecified atom stereocenters. The van der Waals surface area contributed by atoms with Gasteiger partial charge in [-0.3, -0.25) is 0 Å². The number of anilines is 1. The molecule has 1 rings (SSSR count). The smallest absolute Gasteiger partial charge is 0.0945 e. The normalized spacial score (nSPS) is 12.8. The molecule has 0 aliphatic rings. The van der Waals surface area contributed by atoms with Crippen molar-refractivity contribution in [3.8, 4) is 0 Å². The van der Waals surface area contributed by atoms with Crippen molar-refractivity contribution in [2.24, 2.45) is 0 Å². The lowest BCUT2D eigenvalue weighted by molar-refractivity contribution is 0.0112. The summed E-state index contributed by atoms with van der Waals surface area (Å²) in [6.45, 7) is 4.58.